The van der Waals surface area contributed by atoms with Gasteiger partial charge in [0.15, 0.2) is 0 Å². The molecule has 0 aliphatic carbocycles. The number of nitrogens with one attached hydrogen (secondary N) is 1. The van der Waals surface area contributed by atoms with Crippen LogP contribution in [0.5, 0.6) is 0 Å². The molecule has 0 amide bonds. The fourth-order valence-corrected chi connectivity index (χ4v) is 5.51. The lowest BCUT2D eigenvalue weighted by atomic mass is 9.67. The third-order valence-electron chi connectivity index (χ3n) is 6.04. The average molecular weight is 464 g/mol. The normalized spacial score (nSPS) is 22.4. The quantitative estimate of drug-likeness (QED) is 0.571. The number of hydrogen-bond acceptors (Lipinski definition) is 8. The molecule has 0 radical (unpaired) electrons. The summed E-state index contributed by atoms with van der Waals surface area (Å²) < 4.78 is 10.4. The Bertz CT molecular complexity index is 1190. The van der Waals surface area contributed by atoms with E-state index in [0.29, 0.717) is 16.3 Å². The molecule has 0 saturated carbocycles. The van der Waals surface area contributed by atoms with Gasteiger partial charge in [0.1, 0.15) is 10.5 Å². The van der Waals surface area contributed by atoms with Crippen molar-refractivity contribution in [3.63, 3.8) is 0 Å². The number of thiazole rings is 1. The van der Waals surface area contributed by atoms with E-state index in [4.69, 9.17) is 14.5 Å². The van der Waals surface area contributed by atoms with E-state index in [-0.39, 0.29) is 0 Å². The number of rotatable bonds is 5. The molecule has 7 nitrogen and oxygen atoms in total. The lowest BCUT2D eigenvalue weighted by molar-refractivity contribution is -0.150. The molecule has 2 aromatic heterocycles. The van der Waals surface area contributed by atoms with Crippen LogP contribution in [-0.2, 0) is 24.6 Å². The van der Waals surface area contributed by atoms with Crippen LogP contribution >= 0.6 is 11.3 Å². The molecular weight excluding hydrogens is 438 g/mol. The molecule has 170 valence electrons. The van der Waals surface area contributed by atoms with Gasteiger partial charge in [0.2, 0.25) is 0 Å². The maximum absolute atomic E-state index is 13.3. The number of nitrogens with zero attached hydrogens (tertiary/aromatic N) is 2. The molecule has 0 fully saturated rings. The Balaban J connectivity index is 1.91. The molecule has 1 aliphatic rings. The van der Waals surface area contributed by atoms with Crippen molar-refractivity contribution in [2.24, 2.45) is 5.92 Å². The van der Waals surface area contributed by atoms with Crippen LogP contribution in [0.1, 0.15) is 30.3 Å². The molecule has 3 heterocycles. The minimum atomic E-state index is -0.930. The number of carbonyl (C=O) groups excluding carboxylic acids is 2. The molecule has 3 atom stereocenters. The summed E-state index contributed by atoms with van der Waals surface area (Å²) >= 11 is 1.45. The van der Waals surface area contributed by atoms with Crippen LogP contribution in [0, 0.1) is 5.92 Å². The fourth-order valence-electron chi connectivity index (χ4n) is 4.52. The standard InChI is InChI=1S/C25H25N3O4S/c1-15-19(22(29)31-3)20(16-9-6-5-7-10-16)21(23(30)32-4)25(2,28-15)24-27-18(14-33-24)17-11-8-12-26-13-17/h5-14,20-21,28H,1-4H3. The summed E-state index contributed by atoms with van der Waals surface area (Å²) in [5.41, 5.74) is 2.59. The second kappa shape index (κ2) is 9.15. The van der Waals surface area contributed by atoms with Gasteiger partial charge in [-0.15, -0.1) is 11.3 Å². The largest absolute Gasteiger partial charge is 0.469 e. The minimum absolute atomic E-state index is 0.403. The Kier molecular flexibility index (Phi) is 6.29. The Labute approximate surface area is 196 Å². The van der Waals surface area contributed by atoms with Gasteiger partial charge in [-0.05, 0) is 31.5 Å². The number of methoxy groups -OCH3 is 2. The second-order valence-electron chi connectivity index (χ2n) is 8.03. The van der Waals surface area contributed by atoms with Crippen molar-refractivity contribution >= 4 is 23.3 Å². The number of hydrogen-bond donors (Lipinski definition) is 1. The lowest BCUT2D eigenvalue weighted by Crippen LogP contribution is -2.55. The SMILES string of the molecule is COC(=O)C1=C(C)NC(C)(c2nc(-c3cccnc3)cs2)C(C(=O)OC)C1c1ccccc1. The van der Waals surface area contributed by atoms with Crippen molar-refractivity contribution in [2.45, 2.75) is 25.3 Å². The number of esters is 2. The number of allylic oxidation sites excluding steroid dienone is 1. The van der Waals surface area contributed by atoms with Gasteiger partial charge in [0, 0.05) is 35.0 Å². The van der Waals surface area contributed by atoms with Crippen LogP contribution in [-0.4, -0.2) is 36.1 Å². The lowest BCUT2D eigenvalue weighted by Gasteiger charge is -2.45. The Hall–Kier alpha value is -3.52. The Morgan fingerprint density at radius 2 is 1.85 bits per heavy atom. The predicted molar refractivity (Wildman–Crippen MR) is 125 cm³/mol. The topological polar surface area (TPSA) is 90.4 Å². The fraction of sp³-hybridized carbons (Fsp3) is 0.280. The Morgan fingerprint density at radius 1 is 1.09 bits per heavy atom. The van der Waals surface area contributed by atoms with Crippen LogP contribution in [0.15, 0.2) is 71.5 Å². The molecule has 0 spiro atoms. The van der Waals surface area contributed by atoms with Crippen LogP contribution in [0.4, 0.5) is 0 Å². The van der Waals surface area contributed by atoms with E-state index in [1.54, 1.807) is 12.4 Å². The number of ether oxygens (including phenoxy) is 2. The van der Waals surface area contributed by atoms with Gasteiger partial charge in [-0.25, -0.2) is 9.78 Å². The van der Waals surface area contributed by atoms with Gasteiger partial charge < -0.3 is 14.8 Å². The molecule has 1 aliphatic heterocycles. The third-order valence-corrected chi connectivity index (χ3v) is 7.12. The molecule has 3 unspecified atom stereocenters. The van der Waals surface area contributed by atoms with Crippen molar-refractivity contribution < 1.29 is 19.1 Å². The van der Waals surface area contributed by atoms with E-state index in [2.05, 4.69) is 10.3 Å². The van der Waals surface area contributed by atoms with Crippen molar-refractivity contribution in [1.29, 1.82) is 0 Å². The first-order valence-electron chi connectivity index (χ1n) is 10.5. The van der Waals surface area contributed by atoms with Crippen LogP contribution < -0.4 is 5.32 Å². The van der Waals surface area contributed by atoms with Gasteiger partial charge in [-0.2, -0.15) is 0 Å². The van der Waals surface area contributed by atoms with E-state index >= 15 is 0 Å². The first-order chi connectivity index (χ1) is 15.9. The zero-order chi connectivity index (χ0) is 23.6. The summed E-state index contributed by atoms with van der Waals surface area (Å²) in [6.07, 6.45) is 3.46. The van der Waals surface area contributed by atoms with Gasteiger partial charge in [0.25, 0.3) is 0 Å². The zero-order valence-electron chi connectivity index (χ0n) is 18.9. The molecule has 4 rings (SSSR count). The summed E-state index contributed by atoms with van der Waals surface area (Å²) in [6.45, 7) is 3.75. The van der Waals surface area contributed by atoms with Gasteiger partial charge in [-0.1, -0.05) is 30.3 Å². The minimum Gasteiger partial charge on any atom is -0.469 e. The third kappa shape index (κ3) is 4.02. The van der Waals surface area contributed by atoms with Crippen molar-refractivity contribution in [2.75, 3.05) is 14.2 Å². The summed E-state index contributed by atoms with van der Waals surface area (Å²) in [4.78, 5) is 35.2. The predicted octanol–water partition coefficient (Wildman–Crippen LogP) is 4.04. The number of carbonyl (C=O) groups is 2. The molecule has 1 N–H and O–H groups in total. The van der Waals surface area contributed by atoms with Gasteiger partial charge in [0.05, 0.1) is 31.4 Å². The molecule has 33 heavy (non-hydrogen) atoms. The van der Waals surface area contributed by atoms with E-state index in [1.807, 2.05) is 61.7 Å². The first-order valence-corrected chi connectivity index (χ1v) is 11.3. The van der Waals surface area contributed by atoms with Crippen molar-refractivity contribution in [3.05, 3.63) is 82.1 Å². The number of benzene rings is 1. The van der Waals surface area contributed by atoms with Gasteiger partial charge >= 0.3 is 11.9 Å². The van der Waals surface area contributed by atoms with E-state index < -0.39 is 29.3 Å². The maximum atomic E-state index is 13.3. The maximum Gasteiger partial charge on any atom is 0.336 e. The van der Waals surface area contributed by atoms with E-state index in [0.717, 1.165) is 16.8 Å². The summed E-state index contributed by atoms with van der Waals surface area (Å²) in [7, 11) is 2.70. The first kappa shape index (κ1) is 22.7. The monoisotopic (exact) mass is 463 g/mol. The van der Waals surface area contributed by atoms with Crippen LogP contribution in [0.2, 0.25) is 0 Å². The smallest absolute Gasteiger partial charge is 0.336 e. The van der Waals surface area contributed by atoms with E-state index in [1.165, 1.54) is 25.6 Å². The van der Waals surface area contributed by atoms with Gasteiger partial charge in [-0.3, -0.25) is 9.78 Å². The highest BCUT2D eigenvalue weighted by Crippen LogP contribution is 2.49. The molecule has 1 aromatic carbocycles. The van der Waals surface area contributed by atoms with Crippen LogP contribution in [0.25, 0.3) is 11.3 Å². The van der Waals surface area contributed by atoms with Crippen molar-refractivity contribution in [1.82, 2.24) is 15.3 Å². The highest BCUT2D eigenvalue weighted by atomic mass is 32.1. The summed E-state index contributed by atoms with van der Waals surface area (Å²) in [5.74, 6) is -2.27. The molecule has 3 aromatic rings. The zero-order valence-corrected chi connectivity index (χ0v) is 19.7. The molecule has 0 saturated heterocycles. The van der Waals surface area contributed by atoms with E-state index in [9.17, 15) is 9.59 Å². The molecular formula is C25H25N3O4S. The average Bonchev–Trinajstić information content (AvgIpc) is 3.35. The van der Waals surface area contributed by atoms with Crippen molar-refractivity contribution in [3.8, 4) is 11.3 Å². The second-order valence-corrected chi connectivity index (χ2v) is 8.88. The molecule has 8 heteroatoms. The highest BCUT2D eigenvalue weighted by molar-refractivity contribution is 7.10. The highest BCUT2D eigenvalue weighted by Gasteiger charge is 2.54. The number of aromatic nitrogens is 2. The summed E-state index contributed by atoms with van der Waals surface area (Å²) in [5, 5.41) is 6.07. The molecule has 0 bridgehead atoms. The Morgan fingerprint density at radius 3 is 2.48 bits per heavy atom. The summed E-state index contributed by atoms with van der Waals surface area (Å²) in [6, 6.07) is 13.3. The number of pyridine rings is 1. The van der Waals surface area contributed by atoms with Crippen LogP contribution in [0.3, 0.4) is 0 Å².